The summed E-state index contributed by atoms with van der Waals surface area (Å²) in [4.78, 5) is 12.0. The molecule has 0 bridgehead atoms. The van der Waals surface area contributed by atoms with Gasteiger partial charge in [-0.3, -0.25) is 4.79 Å². The Balaban J connectivity index is 2.56. The van der Waals surface area contributed by atoms with Crippen molar-refractivity contribution < 1.29 is 4.79 Å². The number of rotatable bonds is 6. The molecule has 100 valence electrons. The van der Waals surface area contributed by atoms with Gasteiger partial charge in [0.25, 0.3) is 0 Å². The summed E-state index contributed by atoms with van der Waals surface area (Å²) in [5.74, 6) is -0.0629. The van der Waals surface area contributed by atoms with E-state index in [1.807, 2.05) is 13.8 Å². The molecular formula is C15H24N2O. The van der Waals surface area contributed by atoms with Crippen molar-refractivity contribution in [1.82, 2.24) is 5.32 Å². The van der Waals surface area contributed by atoms with Crippen LogP contribution in [0.3, 0.4) is 0 Å². The van der Waals surface area contributed by atoms with Crippen LogP contribution in [0, 0.1) is 0 Å². The molecule has 3 N–H and O–H groups in total. The molecule has 0 saturated heterocycles. The van der Waals surface area contributed by atoms with Crippen molar-refractivity contribution in [2.75, 3.05) is 0 Å². The largest absolute Gasteiger partial charge is 0.350 e. The second kappa shape index (κ2) is 6.55. The SMILES string of the molecule is CCc1ccc(CNC(=O)C(N)(CC)CC)cc1. The zero-order valence-electron chi connectivity index (χ0n) is 11.6. The maximum absolute atomic E-state index is 12.0. The molecule has 0 unspecified atom stereocenters. The molecule has 3 heteroatoms. The van der Waals surface area contributed by atoms with E-state index in [4.69, 9.17) is 5.73 Å². The lowest BCUT2D eigenvalue weighted by Gasteiger charge is -2.25. The van der Waals surface area contributed by atoms with Crippen molar-refractivity contribution in [3.05, 3.63) is 35.4 Å². The highest BCUT2D eigenvalue weighted by Crippen LogP contribution is 2.12. The van der Waals surface area contributed by atoms with Crippen LogP contribution in [0.15, 0.2) is 24.3 Å². The van der Waals surface area contributed by atoms with Crippen LogP contribution in [-0.2, 0) is 17.8 Å². The summed E-state index contributed by atoms with van der Waals surface area (Å²) in [5, 5.41) is 2.91. The summed E-state index contributed by atoms with van der Waals surface area (Å²) in [6.45, 7) is 6.56. The second-order valence-electron chi connectivity index (χ2n) is 4.72. The van der Waals surface area contributed by atoms with Crippen LogP contribution < -0.4 is 11.1 Å². The molecule has 0 aliphatic carbocycles. The first-order chi connectivity index (χ1) is 8.55. The number of hydrogen-bond donors (Lipinski definition) is 2. The van der Waals surface area contributed by atoms with Gasteiger partial charge in [-0.15, -0.1) is 0 Å². The Kier molecular flexibility index (Phi) is 5.35. The highest BCUT2D eigenvalue weighted by Gasteiger charge is 2.29. The van der Waals surface area contributed by atoms with Crippen LogP contribution in [-0.4, -0.2) is 11.4 Å². The number of aryl methyl sites for hydroxylation is 1. The van der Waals surface area contributed by atoms with Crippen LogP contribution in [0.1, 0.15) is 44.7 Å². The monoisotopic (exact) mass is 248 g/mol. The molecule has 0 aromatic heterocycles. The van der Waals surface area contributed by atoms with Gasteiger partial charge < -0.3 is 11.1 Å². The van der Waals surface area contributed by atoms with Gasteiger partial charge in [0.05, 0.1) is 5.54 Å². The molecule has 18 heavy (non-hydrogen) atoms. The Morgan fingerprint density at radius 3 is 2.06 bits per heavy atom. The van der Waals surface area contributed by atoms with Crippen molar-refractivity contribution in [3.63, 3.8) is 0 Å². The normalized spacial score (nSPS) is 11.3. The molecule has 0 atom stereocenters. The summed E-state index contributed by atoms with van der Waals surface area (Å²) in [6.07, 6.45) is 2.35. The van der Waals surface area contributed by atoms with E-state index < -0.39 is 5.54 Å². The molecule has 0 heterocycles. The van der Waals surface area contributed by atoms with Gasteiger partial charge in [-0.05, 0) is 30.4 Å². The zero-order chi connectivity index (χ0) is 13.6. The fraction of sp³-hybridized carbons (Fsp3) is 0.533. The van der Waals surface area contributed by atoms with Crippen LogP contribution in [0.5, 0.6) is 0 Å². The molecule has 0 saturated carbocycles. The van der Waals surface area contributed by atoms with Crippen molar-refractivity contribution in [3.8, 4) is 0 Å². The molecule has 1 amide bonds. The first-order valence-corrected chi connectivity index (χ1v) is 6.70. The summed E-state index contributed by atoms with van der Waals surface area (Å²) in [7, 11) is 0. The number of benzene rings is 1. The smallest absolute Gasteiger partial charge is 0.240 e. The topological polar surface area (TPSA) is 55.1 Å². The summed E-state index contributed by atoms with van der Waals surface area (Å²) >= 11 is 0. The molecule has 0 spiro atoms. The van der Waals surface area contributed by atoms with Gasteiger partial charge in [-0.2, -0.15) is 0 Å². The minimum Gasteiger partial charge on any atom is -0.350 e. The highest BCUT2D eigenvalue weighted by molar-refractivity contribution is 5.85. The maximum atomic E-state index is 12.0. The van der Waals surface area contributed by atoms with E-state index in [0.717, 1.165) is 12.0 Å². The molecule has 1 aromatic rings. The van der Waals surface area contributed by atoms with Crippen molar-refractivity contribution in [1.29, 1.82) is 0 Å². The highest BCUT2D eigenvalue weighted by atomic mass is 16.2. The predicted molar refractivity (Wildman–Crippen MR) is 75.2 cm³/mol. The van der Waals surface area contributed by atoms with Gasteiger partial charge >= 0.3 is 0 Å². The van der Waals surface area contributed by atoms with E-state index in [9.17, 15) is 4.79 Å². The molecular weight excluding hydrogens is 224 g/mol. The van der Waals surface area contributed by atoms with Gasteiger partial charge in [-0.25, -0.2) is 0 Å². The van der Waals surface area contributed by atoms with Gasteiger partial charge in [0.1, 0.15) is 0 Å². The molecule has 0 radical (unpaired) electrons. The third-order valence-corrected chi connectivity index (χ3v) is 3.60. The third kappa shape index (κ3) is 3.57. The van der Waals surface area contributed by atoms with E-state index >= 15 is 0 Å². The van der Waals surface area contributed by atoms with Crippen LogP contribution in [0.4, 0.5) is 0 Å². The molecule has 1 rings (SSSR count). The quantitative estimate of drug-likeness (QED) is 0.812. The fourth-order valence-electron chi connectivity index (χ4n) is 1.82. The van der Waals surface area contributed by atoms with Gasteiger partial charge in [-0.1, -0.05) is 45.0 Å². The molecule has 0 fully saturated rings. The average molecular weight is 248 g/mol. The van der Waals surface area contributed by atoms with Gasteiger partial charge in [0, 0.05) is 6.54 Å². The Labute approximate surface area is 110 Å². The zero-order valence-corrected chi connectivity index (χ0v) is 11.6. The average Bonchev–Trinajstić information content (AvgIpc) is 2.44. The lowest BCUT2D eigenvalue weighted by Crippen LogP contribution is -2.52. The number of carbonyl (C=O) groups is 1. The van der Waals surface area contributed by atoms with Crippen LogP contribution in [0.2, 0.25) is 0 Å². The summed E-state index contributed by atoms with van der Waals surface area (Å²) in [5.41, 5.74) is 7.72. The first-order valence-electron chi connectivity index (χ1n) is 6.70. The number of amides is 1. The van der Waals surface area contributed by atoms with E-state index in [1.54, 1.807) is 0 Å². The Hall–Kier alpha value is -1.35. The second-order valence-corrected chi connectivity index (χ2v) is 4.72. The maximum Gasteiger partial charge on any atom is 0.240 e. The van der Waals surface area contributed by atoms with E-state index in [2.05, 4.69) is 36.5 Å². The lowest BCUT2D eigenvalue weighted by molar-refractivity contribution is -0.126. The third-order valence-electron chi connectivity index (χ3n) is 3.60. The van der Waals surface area contributed by atoms with Gasteiger partial charge in [0.2, 0.25) is 5.91 Å². The van der Waals surface area contributed by atoms with Gasteiger partial charge in [0.15, 0.2) is 0 Å². The Morgan fingerprint density at radius 2 is 1.61 bits per heavy atom. The number of nitrogens with one attached hydrogen (secondary N) is 1. The number of nitrogens with two attached hydrogens (primary N) is 1. The predicted octanol–water partition coefficient (Wildman–Crippen LogP) is 2.38. The van der Waals surface area contributed by atoms with Crippen molar-refractivity contribution in [2.45, 2.75) is 52.1 Å². The van der Waals surface area contributed by atoms with Crippen molar-refractivity contribution in [2.24, 2.45) is 5.73 Å². The minimum absolute atomic E-state index is 0.0629. The Morgan fingerprint density at radius 1 is 1.11 bits per heavy atom. The minimum atomic E-state index is -0.733. The van der Waals surface area contributed by atoms with Crippen LogP contribution >= 0.6 is 0 Å². The molecule has 1 aromatic carbocycles. The summed E-state index contributed by atoms with van der Waals surface area (Å²) < 4.78 is 0. The molecule has 0 aliphatic heterocycles. The van der Waals surface area contributed by atoms with Crippen molar-refractivity contribution >= 4 is 5.91 Å². The Bertz CT molecular complexity index is 380. The first kappa shape index (κ1) is 14.7. The van der Waals surface area contributed by atoms with E-state index in [1.165, 1.54) is 5.56 Å². The standard InChI is InChI=1S/C15H24N2O/c1-4-12-7-9-13(10-8-12)11-17-14(18)15(16,5-2)6-3/h7-10H,4-6,11,16H2,1-3H3,(H,17,18). The number of carbonyl (C=O) groups excluding carboxylic acids is 1. The number of hydrogen-bond acceptors (Lipinski definition) is 2. The molecule has 0 aliphatic rings. The van der Waals surface area contributed by atoms with Crippen LogP contribution in [0.25, 0.3) is 0 Å². The fourth-order valence-corrected chi connectivity index (χ4v) is 1.82. The molecule has 3 nitrogen and oxygen atoms in total. The van der Waals surface area contributed by atoms with E-state index in [0.29, 0.717) is 19.4 Å². The van der Waals surface area contributed by atoms with E-state index in [-0.39, 0.29) is 5.91 Å². The summed E-state index contributed by atoms with van der Waals surface area (Å²) in [6, 6.07) is 8.29. The lowest BCUT2D eigenvalue weighted by atomic mass is 9.93.